The Balaban J connectivity index is 1.92. The molecular weight excluding hydrogens is 220 g/mol. The Morgan fingerprint density at radius 2 is 1.72 bits per heavy atom. The van der Waals surface area contributed by atoms with Crippen molar-refractivity contribution in [1.82, 2.24) is 9.78 Å². The Hall–Kier alpha value is -0.790. The fourth-order valence-electron chi connectivity index (χ4n) is 2.24. The summed E-state index contributed by atoms with van der Waals surface area (Å²) in [6.45, 7) is 7.90. The second kappa shape index (κ2) is 9.18. The molecule has 2 heteroatoms. The molecule has 0 saturated heterocycles. The summed E-state index contributed by atoms with van der Waals surface area (Å²) in [4.78, 5) is 0. The molecule has 0 aliphatic rings. The molecule has 104 valence electrons. The van der Waals surface area contributed by atoms with Crippen molar-refractivity contribution in [3.8, 4) is 0 Å². The summed E-state index contributed by atoms with van der Waals surface area (Å²) >= 11 is 0. The number of aryl methyl sites for hydroxylation is 2. The average Bonchev–Trinajstić information content (AvgIpc) is 2.80. The maximum atomic E-state index is 4.37. The summed E-state index contributed by atoms with van der Waals surface area (Å²) in [7, 11) is 0. The number of rotatable bonds is 10. The summed E-state index contributed by atoms with van der Waals surface area (Å²) in [6, 6.07) is 0. The molecule has 1 rings (SSSR count). The third-order valence-electron chi connectivity index (χ3n) is 3.51. The summed E-state index contributed by atoms with van der Waals surface area (Å²) in [5.74, 6) is 0.873. The zero-order chi connectivity index (χ0) is 13.2. The molecule has 0 spiro atoms. The van der Waals surface area contributed by atoms with Crippen LogP contribution in [0.25, 0.3) is 0 Å². The lowest BCUT2D eigenvalue weighted by atomic mass is 10.0. The quantitative estimate of drug-likeness (QED) is 0.544. The van der Waals surface area contributed by atoms with E-state index in [4.69, 9.17) is 0 Å². The lowest BCUT2D eigenvalue weighted by molar-refractivity contribution is 0.495. The Kier molecular flexibility index (Phi) is 7.79. The highest BCUT2D eigenvalue weighted by Gasteiger charge is 1.97. The van der Waals surface area contributed by atoms with Crippen molar-refractivity contribution in [1.29, 1.82) is 0 Å². The van der Waals surface area contributed by atoms with Crippen molar-refractivity contribution in [2.75, 3.05) is 0 Å². The lowest BCUT2D eigenvalue weighted by Crippen LogP contribution is -1.98. The zero-order valence-corrected chi connectivity index (χ0v) is 12.5. The first-order valence-corrected chi connectivity index (χ1v) is 7.73. The van der Waals surface area contributed by atoms with E-state index >= 15 is 0 Å². The number of nitrogens with zero attached hydrogens (tertiary/aromatic N) is 2. The molecule has 0 unspecified atom stereocenters. The topological polar surface area (TPSA) is 17.8 Å². The van der Waals surface area contributed by atoms with Crippen molar-refractivity contribution >= 4 is 0 Å². The summed E-state index contributed by atoms with van der Waals surface area (Å²) in [5.41, 5.74) is 1.35. The predicted octanol–water partition coefficient (Wildman–Crippen LogP) is 4.83. The van der Waals surface area contributed by atoms with Crippen LogP contribution in [0.1, 0.15) is 71.3 Å². The van der Waals surface area contributed by atoms with Crippen LogP contribution in [0.3, 0.4) is 0 Å². The number of unbranched alkanes of at least 4 members (excludes halogenated alkanes) is 5. The fourth-order valence-corrected chi connectivity index (χ4v) is 2.24. The van der Waals surface area contributed by atoms with E-state index in [1.165, 1.54) is 50.5 Å². The minimum atomic E-state index is 0.873. The first-order valence-electron chi connectivity index (χ1n) is 7.73. The molecule has 2 nitrogen and oxygen atoms in total. The van der Waals surface area contributed by atoms with Gasteiger partial charge in [-0.3, -0.25) is 4.68 Å². The van der Waals surface area contributed by atoms with E-state index in [1.54, 1.807) is 0 Å². The Labute approximate surface area is 113 Å². The smallest absolute Gasteiger partial charge is 0.0521 e. The SMILES string of the molecule is CCc1cnn(CCCCCCCCC(C)C)c1. The average molecular weight is 250 g/mol. The van der Waals surface area contributed by atoms with Gasteiger partial charge in [0.05, 0.1) is 6.20 Å². The molecule has 0 aromatic carbocycles. The first kappa shape index (κ1) is 15.3. The zero-order valence-electron chi connectivity index (χ0n) is 12.5. The minimum Gasteiger partial charge on any atom is -0.272 e. The van der Waals surface area contributed by atoms with Crippen molar-refractivity contribution < 1.29 is 0 Å². The van der Waals surface area contributed by atoms with Gasteiger partial charge >= 0.3 is 0 Å². The highest BCUT2D eigenvalue weighted by Crippen LogP contribution is 2.11. The van der Waals surface area contributed by atoms with E-state index in [2.05, 4.69) is 36.7 Å². The molecule has 0 aliphatic heterocycles. The standard InChI is InChI=1S/C16H30N2/c1-4-16-13-17-18(14-16)12-10-8-6-5-7-9-11-15(2)3/h13-15H,4-12H2,1-3H3. The molecule has 18 heavy (non-hydrogen) atoms. The van der Waals surface area contributed by atoms with E-state index in [-0.39, 0.29) is 0 Å². The monoisotopic (exact) mass is 250 g/mol. The van der Waals surface area contributed by atoms with Gasteiger partial charge < -0.3 is 0 Å². The van der Waals surface area contributed by atoms with Crippen LogP contribution in [0.2, 0.25) is 0 Å². The minimum absolute atomic E-state index is 0.873. The van der Waals surface area contributed by atoms with Crippen LogP contribution in [-0.2, 0) is 13.0 Å². The fraction of sp³-hybridized carbons (Fsp3) is 0.812. The summed E-state index contributed by atoms with van der Waals surface area (Å²) in [5, 5.41) is 4.37. The highest BCUT2D eigenvalue weighted by molar-refractivity contribution is 5.02. The van der Waals surface area contributed by atoms with Gasteiger partial charge in [-0.15, -0.1) is 0 Å². The molecule has 0 N–H and O–H groups in total. The molecule has 0 saturated carbocycles. The molecular formula is C16H30N2. The maximum absolute atomic E-state index is 4.37. The van der Waals surface area contributed by atoms with E-state index in [1.807, 2.05) is 6.20 Å². The van der Waals surface area contributed by atoms with Gasteiger partial charge in [-0.25, -0.2) is 0 Å². The van der Waals surface area contributed by atoms with E-state index in [9.17, 15) is 0 Å². The van der Waals surface area contributed by atoms with Gasteiger partial charge in [-0.1, -0.05) is 59.3 Å². The van der Waals surface area contributed by atoms with Gasteiger partial charge in [-0.05, 0) is 24.3 Å². The Morgan fingerprint density at radius 1 is 1.06 bits per heavy atom. The van der Waals surface area contributed by atoms with E-state index in [0.29, 0.717) is 0 Å². The van der Waals surface area contributed by atoms with Crippen LogP contribution < -0.4 is 0 Å². The molecule has 0 fully saturated rings. The van der Waals surface area contributed by atoms with Crippen molar-refractivity contribution in [3.05, 3.63) is 18.0 Å². The number of aromatic nitrogens is 2. The van der Waals surface area contributed by atoms with Crippen LogP contribution in [0.4, 0.5) is 0 Å². The molecule has 1 aromatic rings. The van der Waals surface area contributed by atoms with Crippen molar-refractivity contribution in [2.24, 2.45) is 5.92 Å². The van der Waals surface area contributed by atoms with E-state index in [0.717, 1.165) is 18.9 Å². The lowest BCUT2D eigenvalue weighted by Gasteiger charge is -2.04. The van der Waals surface area contributed by atoms with E-state index < -0.39 is 0 Å². The van der Waals surface area contributed by atoms with Crippen molar-refractivity contribution in [3.63, 3.8) is 0 Å². The normalized spacial score (nSPS) is 11.3. The third kappa shape index (κ3) is 6.83. The Morgan fingerprint density at radius 3 is 2.33 bits per heavy atom. The second-order valence-electron chi connectivity index (χ2n) is 5.77. The third-order valence-corrected chi connectivity index (χ3v) is 3.51. The maximum Gasteiger partial charge on any atom is 0.0521 e. The highest BCUT2D eigenvalue weighted by atomic mass is 15.3. The Bertz CT molecular complexity index is 302. The second-order valence-corrected chi connectivity index (χ2v) is 5.77. The van der Waals surface area contributed by atoms with Gasteiger partial charge in [-0.2, -0.15) is 5.10 Å². The van der Waals surface area contributed by atoms with Gasteiger partial charge in [0.1, 0.15) is 0 Å². The molecule has 0 atom stereocenters. The molecule has 1 heterocycles. The van der Waals surface area contributed by atoms with Gasteiger partial charge in [0.25, 0.3) is 0 Å². The van der Waals surface area contributed by atoms with Crippen LogP contribution in [0, 0.1) is 5.92 Å². The van der Waals surface area contributed by atoms with Crippen LogP contribution >= 0.6 is 0 Å². The van der Waals surface area contributed by atoms with Crippen LogP contribution in [-0.4, -0.2) is 9.78 Å². The van der Waals surface area contributed by atoms with Crippen LogP contribution in [0.5, 0.6) is 0 Å². The summed E-state index contributed by atoms with van der Waals surface area (Å²) < 4.78 is 2.09. The van der Waals surface area contributed by atoms with Crippen molar-refractivity contribution in [2.45, 2.75) is 78.7 Å². The van der Waals surface area contributed by atoms with Gasteiger partial charge in [0, 0.05) is 12.7 Å². The molecule has 0 bridgehead atoms. The molecule has 0 radical (unpaired) electrons. The molecule has 0 aliphatic carbocycles. The van der Waals surface area contributed by atoms with Gasteiger partial charge in [0.15, 0.2) is 0 Å². The first-order chi connectivity index (χ1) is 8.72. The molecule has 0 amide bonds. The summed E-state index contributed by atoms with van der Waals surface area (Å²) in [6.07, 6.45) is 14.9. The largest absolute Gasteiger partial charge is 0.272 e. The van der Waals surface area contributed by atoms with Gasteiger partial charge in [0.2, 0.25) is 0 Å². The van der Waals surface area contributed by atoms with Crippen LogP contribution in [0.15, 0.2) is 12.4 Å². The number of hydrogen-bond donors (Lipinski definition) is 0. The predicted molar refractivity (Wildman–Crippen MR) is 78.8 cm³/mol. The molecule has 1 aromatic heterocycles. The number of hydrogen-bond acceptors (Lipinski definition) is 1.